The van der Waals surface area contributed by atoms with Crippen LogP contribution in [-0.4, -0.2) is 49.7 Å². The second kappa shape index (κ2) is 6.61. The van der Waals surface area contributed by atoms with Crippen LogP contribution < -0.4 is 0 Å². The van der Waals surface area contributed by atoms with E-state index in [0.29, 0.717) is 37.5 Å². The van der Waals surface area contributed by atoms with Gasteiger partial charge in [0.05, 0.1) is 4.90 Å². The molecule has 23 heavy (non-hydrogen) atoms. The van der Waals surface area contributed by atoms with Crippen molar-refractivity contribution in [3.63, 3.8) is 0 Å². The number of hydrogen-bond acceptors (Lipinski definition) is 3. The van der Waals surface area contributed by atoms with E-state index >= 15 is 0 Å². The summed E-state index contributed by atoms with van der Waals surface area (Å²) in [6.45, 7) is 11.1. The summed E-state index contributed by atoms with van der Waals surface area (Å²) in [4.78, 5) is 13.9. The van der Waals surface area contributed by atoms with Gasteiger partial charge in [0.25, 0.3) is 0 Å². The predicted octanol–water partition coefficient (Wildman–Crippen LogP) is 2.16. The van der Waals surface area contributed by atoms with Gasteiger partial charge in [0.1, 0.15) is 0 Å². The Morgan fingerprint density at radius 1 is 1.00 bits per heavy atom. The quantitative estimate of drug-likeness (QED) is 0.849. The molecule has 0 N–H and O–H groups in total. The predicted molar refractivity (Wildman–Crippen MR) is 91.0 cm³/mol. The van der Waals surface area contributed by atoms with Crippen LogP contribution in [0.5, 0.6) is 0 Å². The molecule has 1 aromatic rings. The first-order valence-electron chi connectivity index (χ1n) is 8.05. The summed E-state index contributed by atoms with van der Waals surface area (Å²) >= 11 is 0. The summed E-state index contributed by atoms with van der Waals surface area (Å²) in [6, 6.07) is 2.03. The highest BCUT2D eigenvalue weighted by atomic mass is 32.2. The summed E-state index contributed by atoms with van der Waals surface area (Å²) in [5, 5.41) is 0. The number of carbonyl (C=O) groups excluding carboxylic acids is 1. The smallest absolute Gasteiger partial charge is 0.243 e. The number of sulfonamides is 1. The third-order valence-electron chi connectivity index (χ3n) is 4.79. The normalized spacial score (nSPS) is 16.7. The van der Waals surface area contributed by atoms with E-state index in [1.807, 2.05) is 40.7 Å². The molecule has 5 nitrogen and oxygen atoms in total. The molecule has 0 radical (unpaired) electrons. The first-order chi connectivity index (χ1) is 10.7. The molecule has 0 aliphatic carbocycles. The first kappa shape index (κ1) is 17.9. The standard InChI is InChI=1S/C17H26N2O3S/c1-6-16(20)18-7-9-19(10-8-18)23(21,22)17-14(4)12(2)11-13(3)15(17)5/h11H,6-10H2,1-5H3. The summed E-state index contributed by atoms with van der Waals surface area (Å²) < 4.78 is 27.7. The summed E-state index contributed by atoms with van der Waals surface area (Å²) in [5.74, 6) is 0.0841. The zero-order chi connectivity index (χ0) is 17.4. The van der Waals surface area contributed by atoms with Crippen LogP contribution in [-0.2, 0) is 14.8 Å². The van der Waals surface area contributed by atoms with Gasteiger partial charge in [-0.1, -0.05) is 13.0 Å². The number of amides is 1. The van der Waals surface area contributed by atoms with Gasteiger partial charge in [0.15, 0.2) is 0 Å². The highest BCUT2D eigenvalue weighted by Crippen LogP contribution is 2.29. The Hall–Kier alpha value is -1.40. The molecular formula is C17H26N2O3S. The molecule has 1 aromatic carbocycles. The number of hydrogen-bond donors (Lipinski definition) is 0. The van der Waals surface area contributed by atoms with Gasteiger partial charge in [-0.2, -0.15) is 4.31 Å². The SMILES string of the molecule is CCC(=O)N1CCN(S(=O)(=O)c2c(C)c(C)cc(C)c2C)CC1. The van der Waals surface area contributed by atoms with Crippen molar-refractivity contribution in [2.24, 2.45) is 0 Å². The highest BCUT2D eigenvalue weighted by molar-refractivity contribution is 7.89. The van der Waals surface area contributed by atoms with Crippen molar-refractivity contribution >= 4 is 15.9 Å². The molecule has 0 spiro atoms. The maximum absolute atomic E-state index is 13.1. The lowest BCUT2D eigenvalue weighted by Crippen LogP contribution is -2.50. The molecule has 1 saturated heterocycles. The molecule has 0 bridgehead atoms. The van der Waals surface area contributed by atoms with E-state index in [9.17, 15) is 13.2 Å². The third-order valence-corrected chi connectivity index (χ3v) is 6.96. The van der Waals surface area contributed by atoms with Crippen LogP contribution in [0.2, 0.25) is 0 Å². The van der Waals surface area contributed by atoms with Gasteiger partial charge in [-0.15, -0.1) is 0 Å². The number of nitrogens with zero attached hydrogens (tertiary/aromatic N) is 2. The lowest BCUT2D eigenvalue weighted by molar-refractivity contribution is -0.132. The summed E-state index contributed by atoms with van der Waals surface area (Å²) in [5.41, 5.74) is 3.62. The van der Waals surface area contributed by atoms with Crippen LogP contribution in [0.4, 0.5) is 0 Å². The molecular weight excluding hydrogens is 312 g/mol. The third kappa shape index (κ3) is 3.28. The average molecular weight is 338 g/mol. The number of benzene rings is 1. The second-order valence-electron chi connectivity index (χ2n) is 6.23. The Labute approximate surface area is 139 Å². The molecule has 1 aliphatic rings. The van der Waals surface area contributed by atoms with Crippen LogP contribution >= 0.6 is 0 Å². The van der Waals surface area contributed by atoms with E-state index in [1.54, 1.807) is 4.90 Å². The molecule has 128 valence electrons. The molecule has 0 unspecified atom stereocenters. The van der Waals surface area contributed by atoms with E-state index in [-0.39, 0.29) is 5.91 Å². The minimum absolute atomic E-state index is 0.0841. The summed E-state index contributed by atoms with van der Waals surface area (Å²) in [6.07, 6.45) is 0.460. The number of rotatable bonds is 3. The summed E-state index contributed by atoms with van der Waals surface area (Å²) in [7, 11) is -3.53. The van der Waals surface area contributed by atoms with Gasteiger partial charge in [0.2, 0.25) is 15.9 Å². The van der Waals surface area contributed by atoms with Gasteiger partial charge in [-0.05, 0) is 49.9 Å². The van der Waals surface area contributed by atoms with Gasteiger partial charge in [0, 0.05) is 32.6 Å². The van der Waals surface area contributed by atoms with Crippen LogP contribution in [0.15, 0.2) is 11.0 Å². The fraction of sp³-hybridized carbons (Fsp3) is 0.588. The maximum atomic E-state index is 13.1. The minimum atomic E-state index is -3.53. The number of carbonyl (C=O) groups is 1. The van der Waals surface area contributed by atoms with E-state index in [1.165, 1.54) is 4.31 Å². The highest BCUT2D eigenvalue weighted by Gasteiger charge is 2.32. The van der Waals surface area contributed by atoms with Gasteiger partial charge in [-0.25, -0.2) is 8.42 Å². The average Bonchev–Trinajstić information content (AvgIpc) is 2.52. The Morgan fingerprint density at radius 3 is 1.91 bits per heavy atom. The molecule has 0 saturated carbocycles. The van der Waals surface area contributed by atoms with Crippen LogP contribution in [0.3, 0.4) is 0 Å². The molecule has 1 heterocycles. The molecule has 0 atom stereocenters. The largest absolute Gasteiger partial charge is 0.340 e. The lowest BCUT2D eigenvalue weighted by atomic mass is 10.0. The van der Waals surface area contributed by atoms with Gasteiger partial charge < -0.3 is 4.90 Å². The Kier molecular flexibility index (Phi) is 5.16. The molecule has 0 aromatic heterocycles. The van der Waals surface area contributed by atoms with Crippen molar-refractivity contribution in [3.8, 4) is 0 Å². The fourth-order valence-electron chi connectivity index (χ4n) is 3.10. The topological polar surface area (TPSA) is 57.7 Å². The van der Waals surface area contributed by atoms with E-state index in [0.717, 1.165) is 22.3 Å². The first-order valence-corrected chi connectivity index (χ1v) is 9.49. The van der Waals surface area contributed by atoms with E-state index in [4.69, 9.17) is 0 Å². The molecule has 1 amide bonds. The lowest BCUT2D eigenvalue weighted by Gasteiger charge is -2.34. The molecule has 6 heteroatoms. The van der Waals surface area contributed by atoms with Crippen LogP contribution in [0.25, 0.3) is 0 Å². The number of piperazine rings is 1. The fourth-order valence-corrected chi connectivity index (χ4v) is 5.10. The number of aryl methyl sites for hydroxylation is 2. The minimum Gasteiger partial charge on any atom is -0.340 e. The zero-order valence-electron chi connectivity index (χ0n) is 14.6. The van der Waals surface area contributed by atoms with Crippen molar-refractivity contribution in [2.75, 3.05) is 26.2 Å². The van der Waals surface area contributed by atoms with Crippen molar-refractivity contribution < 1.29 is 13.2 Å². The molecule has 2 rings (SSSR count). The Balaban J connectivity index is 2.33. The second-order valence-corrected chi connectivity index (χ2v) is 8.10. The monoisotopic (exact) mass is 338 g/mol. The van der Waals surface area contributed by atoms with Crippen LogP contribution in [0.1, 0.15) is 35.6 Å². The Bertz CT molecular complexity index is 692. The molecule has 1 fully saturated rings. The van der Waals surface area contributed by atoms with Crippen molar-refractivity contribution in [1.29, 1.82) is 0 Å². The van der Waals surface area contributed by atoms with Crippen LogP contribution in [0, 0.1) is 27.7 Å². The Morgan fingerprint density at radius 2 is 1.48 bits per heavy atom. The zero-order valence-corrected chi connectivity index (χ0v) is 15.5. The maximum Gasteiger partial charge on any atom is 0.243 e. The van der Waals surface area contributed by atoms with Crippen molar-refractivity contribution in [3.05, 3.63) is 28.3 Å². The van der Waals surface area contributed by atoms with Crippen molar-refractivity contribution in [1.82, 2.24) is 9.21 Å². The van der Waals surface area contributed by atoms with Crippen molar-refractivity contribution in [2.45, 2.75) is 45.9 Å². The molecule has 1 aliphatic heterocycles. The van der Waals surface area contributed by atoms with E-state index in [2.05, 4.69) is 0 Å². The van der Waals surface area contributed by atoms with E-state index < -0.39 is 10.0 Å². The van der Waals surface area contributed by atoms with Gasteiger partial charge >= 0.3 is 0 Å². The van der Waals surface area contributed by atoms with Gasteiger partial charge in [-0.3, -0.25) is 4.79 Å².